The number of para-hydroxylation sites is 1. The Morgan fingerprint density at radius 2 is 1.69 bits per heavy atom. The molecule has 0 bridgehead atoms. The van der Waals surface area contributed by atoms with Crippen molar-refractivity contribution in [1.82, 2.24) is 24.5 Å². The lowest BCUT2D eigenvalue weighted by atomic mass is 10.0. The predicted octanol–water partition coefficient (Wildman–Crippen LogP) is 4.60. The van der Waals surface area contributed by atoms with E-state index in [4.69, 9.17) is 11.6 Å². The van der Waals surface area contributed by atoms with E-state index < -0.39 is 0 Å². The van der Waals surface area contributed by atoms with Gasteiger partial charge in [-0.1, -0.05) is 73.1 Å². The molecule has 1 amide bonds. The lowest BCUT2D eigenvalue weighted by molar-refractivity contribution is -0.121. The van der Waals surface area contributed by atoms with Crippen LogP contribution in [-0.4, -0.2) is 31.6 Å². The number of nitrogens with one attached hydrogen (secondary N) is 1. The maximum absolute atomic E-state index is 13.3. The molecule has 2 aromatic heterocycles. The molecule has 1 N–H and O–H groups in total. The summed E-state index contributed by atoms with van der Waals surface area (Å²) < 4.78 is 3.50. The molecule has 0 fully saturated rings. The van der Waals surface area contributed by atoms with Gasteiger partial charge in [-0.05, 0) is 41.3 Å². The standard InChI is InChI=1S/C28H26ClN5O2/c1-19(21-7-3-2-4-8-21)17-30-26(35)16-15-25-31-32-28-33(18-20-11-13-22(29)14-12-20)27(36)23-9-5-6-10-24(23)34(25)28/h2-14,19H,15-18H2,1H3,(H,30,35). The number of hydrogen-bond acceptors (Lipinski definition) is 4. The first kappa shape index (κ1) is 23.8. The van der Waals surface area contributed by atoms with E-state index in [9.17, 15) is 9.59 Å². The number of fused-ring (bicyclic) bond motifs is 3. The van der Waals surface area contributed by atoms with Gasteiger partial charge >= 0.3 is 0 Å². The molecule has 0 saturated heterocycles. The van der Waals surface area contributed by atoms with E-state index in [1.807, 2.05) is 52.9 Å². The first-order chi connectivity index (χ1) is 17.5. The quantitative estimate of drug-likeness (QED) is 0.338. The minimum Gasteiger partial charge on any atom is -0.355 e. The molecule has 8 heteroatoms. The van der Waals surface area contributed by atoms with Crippen LogP contribution in [0, 0.1) is 0 Å². The Bertz CT molecular complexity index is 1580. The van der Waals surface area contributed by atoms with Crippen molar-refractivity contribution >= 4 is 34.2 Å². The average Bonchev–Trinajstić information content (AvgIpc) is 3.34. The van der Waals surface area contributed by atoms with Crippen molar-refractivity contribution in [2.45, 2.75) is 32.2 Å². The third-order valence-corrected chi connectivity index (χ3v) is 6.63. The molecule has 5 rings (SSSR count). The number of benzene rings is 3. The van der Waals surface area contributed by atoms with Crippen LogP contribution in [0.15, 0.2) is 83.7 Å². The van der Waals surface area contributed by atoms with E-state index >= 15 is 0 Å². The van der Waals surface area contributed by atoms with Crippen molar-refractivity contribution < 1.29 is 4.79 Å². The molecule has 0 aliphatic rings. The van der Waals surface area contributed by atoms with E-state index in [1.165, 1.54) is 5.56 Å². The van der Waals surface area contributed by atoms with E-state index in [0.29, 0.717) is 41.5 Å². The fourth-order valence-corrected chi connectivity index (χ4v) is 4.50. The molecule has 1 unspecified atom stereocenters. The van der Waals surface area contributed by atoms with Crippen LogP contribution in [-0.2, 0) is 17.8 Å². The second-order valence-electron chi connectivity index (χ2n) is 8.90. The number of aromatic nitrogens is 4. The first-order valence-electron chi connectivity index (χ1n) is 11.9. The number of hydrogen-bond donors (Lipinski definition) is 1. The largest absolute Gasteiger partial charge is 0.355 e. The van der Waals surface area contributed by atoms with Crippen molar-refractivity contribution in [2.24, 2.45) is 0 Å². The van der Waals surface area contributed by atoms with Gasteiger partial charge in [0.1, 0.15) is 5.82 Å². The summed E-state index contributed by atoms with van der Waals surface area (Å²) in [6, 6.07) is 24.9. The second kappa shape index (κ2) is 10.3. The molecule has 0 spiro atoms. The van der Waals surface area contributed by atoms with Gasteiger partial charge in [-0.2, -0.15) is 0 Å². The summed E-state index contributed by atoms with van der Waals surface area (Å²) in [5.74, 6) is 1.25. The van der Waals surface area contributed by atoms with Crippen LogP contribution < -0.4 is 10.9 Å². The molecule has 0 radical (unpaired) electrons. The van der Waals surface area contributed by atoms with Crippen LogP contribution >= 0.6 is 11.6 Å². The van der Waals surface area contributed by atoms with Gasteiger partial charge in [0.2, 0.25) is 11.7 Å². The fraction of sp³-hybridized carbons (Fsp3) is 0.214. The highest BCUT2D eigenvalue weighted by Gasteiger charge is 2.17. The molecule has 7 nitrogen and oxygen atoms in total. The zero-order chi connectivity index (χ0) is 25.1. The summed E-state index contributed by atoms with van der Waals surface area (Å²) in [5.41, 5.74) is 2.70. The molecule has 5 aromatic rings. The van der Waals surface area contributed by atoms with Gasteiger partial charge in [-0.3, -0.25) is 18.6 Å². The van der Waals surface area contributed by atoms with Crippen molar-refractivity contribution in [3.8, 4) is 0 Å². The number of carbonyl (C=O) groups is 1. The fourth-order valence-electron chi connectivity index (χ4n) is 4.37. The number of rotatable bonds is 8. The minimum atomic E-state index is -0.139. The van der Waals surface area contributed by atoms with Gasteiger partial charge in [-0.25, -0.2) is 0 Å². The van der Waals surface area contributed by atoms with Crippen molar-refractivity contribution in [2.75, 3.05) is 6.54 Å². The van der Waals surface area contributed by atoms with E-state index in [-0.39, 0.29) is 23.8 Å². The molecule has 0 aliphatic heterocycles. The first-order valence-corrected chi connectivity index (χ1v) is 12.3. The number of carbonyl (C=O) groups excluding carboxylic acids is 1. The van der Waals surface area contributed by atoms with Crippen LogP contribution in [0.3, 0.4) is 0 Å². The Morgan fingerprint density at radius 1 is 0.972 bits per heavy atom. The highest BCUT2D eigenvalue weighted by Crippen LogP contribution is 2.18. The Hall–Kier alpha value is -3.97. The molecule has 36 heavy (non-hydrogen) atoms. The zero-order valence-electron chi connectivity index (χ0n) is 19.9. The van der Waals surface area contributed by atoms with Gasteiger partial charge in [0.25, 0.3) is 5.56 Å². The summed E-state index contributed by atoms with van der Waals surface area (Å²) in [6.45, 7) is 2.99. The lowest BCUT2D eigenvalue weighted by Crippen LogP contribution is -2.28. The van der Waals surface area contributed by atoms with Crippen molar-refractivity contribution in [3.05, 3.63) is 111 Å². The van der Waals surface area contributed by atoms with Crippen molar-refractivity contribution in [1.29, 1.82) is 0 Å². The molecule has 2 heterocycles. The zero-order valence-corrected chi connectivity index (χ0v) is 20.7. The van der Waals surface area contributed by atoms with E-state index in [1.54, 1.807) is 22.8 Å². The maximum Gasteiger partial charge on any atom is 0.263 e. The monoisotopic (exact) mass is 499 g/mol. The number of halogens is 1. The number of aryl methyl sites for hydroxylation is 1. The summed E-state index contributed by atoms with van der Waals surface area (Å²) in [7, 11) is 0. The van der Waals surface area contributed by atoms with Crippen LogP contribution in [0.5, 0.6) is 0 Å². The van der Waals surface area contributed by atoms with Crippen LogP contribution in [0.4, 0.5) is 0 Å². The Labute approximate surface area is 213 Å². The van der Waals surface area contributed by atoms with Gasteiger partial charge in [0.05, 0.1) is 17.4 Å². The minimum absolute atomic E-state index is 0.0478. The number of nitrogens with zero attached hydrogens (tertiary/aromatic N) is 4. The smallest absolute Gasteiger partial charge is 0.263 e. The Kier molecular flexibility index (Phi) is 6.82. The predicted molar refractivity (Wildman–Crippen MR) is 141 cm³/mol. The lowest BCUT2D eigenvalue weighted by Gasteiger charge is -2.13. The normalized spacial score (nSPS) is 12.2. The third-order valence-electron chi connectivity index (χ3n) is 6.38. The van der Waals surface area contributed by atoms with E-state index in [0.717, 1.165) is 11.1 Å². The van der Waals surface area contributed by atoms with Crippen LogP contribution in [0.25, 0.3) is 16.7 Å². The topological polar surface area (TPSA) is 81.3 Å². The van der Waals surface area contributed by atoms with Crippen molar-refractivity contribution in [3.63, 3.8) is 0 Å². The molecular formula is C28H26ClN5O2. The molecule has 3 aromatic carbocycles. The highest BCUT2D eigenvalue weighted by molar-refractivity contribution is 6.30. The number of amides is 1. The average molecular weight is 500 g/mol. The molecule has 1 atom stereocenters. The molecule has 182 valence electrons. The Morgan fingerprint density at radius 3 is 2.47 bits per heavy atom. The Balaban J connectivity index is 1.39. The van der Waals surface area contributed by atoms with E-state index in [2.05, 4.69) is 34.6 Å². The summed E-state index contributed by atoms with van der Waals surface area (Å²) in [6.07, 6.45) is 0.669. The summed E-state index contributed by atoms with van der Waals surface area (Å²) in [4.78, 5) is 26.0. The SMILES string of the molecule is CC(CNC(=O)CCc1nnc2n(Cc3ccc(Cl)cc3)c(=O)c3ccccc3n12)c1ccccc1. The van der Waals surface area contributed by atoms with Gasteiger partial charge < -0.3 is 5.32 Å². The van der Waals surface area contributed by atoms with Gasteiger partial charge in [-0.15, -0.1) is 10.2 Å². The molecule has 0 aliphatic carbocycles. The highest BCUT2D eigenvalue weighted by atomic mass is 35.5. The molecule has 0 saturated carbocycles. The van der Waals surface area contributed by atoms with Crippen LogP contribution in [0.1, 0.15) is 36.2 Å². The second-order valence-corrected chi connectivity index (χ2v) is 9.34. The van der Waals surface area contributed by atoms with Gasteiger partial charge in [0, 0.05) is 24.4 Å². The maximum atomic E-state index is 13.3. The summed E-state index contributed by atoms with van der Waals surface area (Å²) >= 11 is 6.03. The third kappa shape index (κ3) is 4.88. The van der Waals surface area contributed by atoms with Crippen LogP contribution in [0.2, 0.25) is 5.02 Å². The van der Waals surface area contributed by atoms with Gasteiger partial charge in [0.15, 0.2) is 0 Å². The molecular weight excluding hydrogens is 474 g/mol. The summed E-state index contributed by atoms with van der Waals surface area (Å²) in [5, 5.41) is 13.0.